The lowest BCUT2D eigenvalue weighted by Crippen LogP contribution is -2.47. The molecule has 3 aromatic rings. The number of carbonyl (C=O) groups is 7. The van der Waals surface area contributed by atoms with Gasteiger partial charge in [0.15, 0.2) is 0 Å². The third kappa shape index (κ3) is 12.6. The Kier molecular flexibility index (Phi) is 16.4. The van der Waals surface area contributed by atoms with Crippen molar-refractivity contribution >= 4 is 41.3 Å². The summed E-state index contributed by atoms with van der Waals surface area (Å²) in [4.78, 5) is 89.5. The maximum atomic E-state index is 15.1. The lowest BCUT2D eigenvalue weighted by Gasteiger charge is -2.41. The minimum Gasteiger partial charge on any atom is -0.480 e. The maximum Gasteiger partial charge on any atom is 0.326 e. The van der Waals surface area contributed by atoms with Crippen LogP contribution < -0.4 is 16.4 Å². The normalized spacial score (nSPS) is 15.7. The molecule has 17 heteroatoms. The summed E-state index contributed by atoms with van der Waals surface area (Å²) >= 11 is 0. The number of carbonyl (C=O) groups excluding carboxylic acids is 6. The molecule has 1 aliphatic heterocycles. The summed E-state index contributed by atoms with van der Waals surface area (Å²) in [5.74, 6) is -6.59. The molecule has 15 nitrogen and oxygen atoms in total. The molecule has 4 rings (SSSR count). The summed E-state index contributed by atoms with van der Waals surface area (Å²) in [7, 11) is 0. The molecule has 1 saturated heterocycles. The first-order chi connectivity index (χ1) is 28.3. The van der Waals surface area contributed by atoms with Crippen LogP contribution in [0.3, 0.4) is 0 Å². The molecule has 0 bridgehead atoms. The number of nitrogens with zero attached hydrogens (tertiary/aromatic N) is 3. The number of aliphatic hydroxyl groups is 1. The van der Waals surface area contributed by atoms with Gasteiger partial charge in [0, 0.05) is 67.8 Å². The molecule has 5 amide bonds. The van der Waals surface area contributed by atoms with Crippen LogP contribution in [0.4, 0.5) is 8.78 Å². The number of aliphatic carboxylic acids is 1. The van der Waals surface area contributed by atoms with Crippen LogP contribution in [0, 0.1) is 23.0 Å². The van der Waals surface area contributed by atoms with Gasteiger partial charge in [0.1, 0.15) is 36.6 Å². The first-order valence-electron chi connectivity index (χ1n) is 19.8. The van der Waals surface area contributed by atoms with Crippen molar-refractivity contribution in [3.05, 3.63) is 83.7 Å². The van der Waals surface area contributed by atoms with Gasteiger partial charge in [-0.3, -0.25) is 33.7 Å². The van der Waals surface area contributed by atoms with Crippen molar-refractivity contribution in [1.29, 1.82) is 0 Å². The number of carboxylic acids is 1. The number of ketones is 1. The first-order valence-corrected chi connectivity index (χ1v) is 19.8. The lowest BCUT2D eigenvalue weighted by molar-refractivity contribution is -0.145. The molecule has 1 fully saturated rings. The molecule has 0 aliphatic carbocycles. The summed E-state index contributed by atoms with van der Waals surface area (Å²) in [6.45, 7) is 6.11. The van der Waals surface area contributed by atoms with Crippen molar-refractivity contribution in [3.8, 4) is 11.1 Å². The number of nitrogens with two attached hydrogens (primary N) is 1. The second-order valence-electron chi connectivity index (χ2n) is 16.2. The molecular weight excluding hydrogens is 783 g/mol. The molecule has 1 unspecified atom stereocenters. The van der Waals surface area contributed by atoms with E-state index in [-0.39, 0.29) is 63.0 Å². The predicted molar refractivity (Wildman–Crippen MR) is 215 cm³/mol. The van der Waals surface area contributed by atoms with Crippen LogP contribution in [0.2, 0.25) is 0 Å². The largest absolute Gasteiger partial charge is 0.480 e. The lowest BCUT2D eigenvalue weighted by atomic mass is 9.82. The van der Waals surface area contributed by atoms with E-state index < -0.39 is 89.7 Å². The zero-order valence-corrected chi connectivity index (χ0v) is 34.3. The molecule has 60 heavy (non-hydrogen) atoms. The predicted octanol–water partition coefficient (Wildman–Crippen LogP) is 3.32. The van der Waals surface area contributed by atoms with Crippen LogP contribution in [0.15, 0.2) is 60.8 Å². The van der Waals surface area contributed by atoms with Crippen molar-refractivity contribution < 1.29 is 52.6 Å². The number of imide groups is 1. The highest BCUT2D eigenvalue weighted by Gasteiger charge is 2.38. The van der Waals surface area contributed by atoms with E-state index in [2.05, 4.69) is 10.6 Å². The number of rotatable bonds is 21. The zero-order valence-electron chi connectivity index (χ0n) is 34.3. The first kappa shape index (κ1) is 46.9. The Balaban J connectivity index is 1.36. The number of amides is 5. The summed E-state index contributed by atoms with van der Waals surface area (Å²) < 4.78 is 31.2. The molecule has 324 valence electrons. The number of nitrogens with one attached hydrogen (secondary N) is 2. The van der Waals surface area contributed by atoms with E-state index in [0.717, 1.165) is 28.7 Å². The molecular formula is C43H54F2N6O9. The second kappa shape index (κ2) is 20.9. The highest BCUT2D eigenvalue weighted by atomic mass is 19.1. The zero-order chi connectivity index (χ0) is 44.3. The minimum atomic E-state index is -1.42. The van der Waals surface area contributed by atoms with Crippen LogP contribution in [-0.4, -0.2) is 104 Å². The fourth-order valence-corrected chi connectivity index (χ4v) is 7.22. The summed E-state index contributed by atoms with van der Waals surface area (Å²) in [6.07, 6.45) is 1.41. The Morgan fingerprint density at radius 2 is 1.70 bits per heavy atom. The Morgan fingerprint density at radius 1 is 1.00 bits per heavy atom. The second-order valence-corrected chi connectivity index (χ2v) is 16.2. The number of carboxylic acid groups (broad SMARTS) is 1. The van der Waals surface area contributed by atoms with E-state index in [1.807, 2.05) is 55.7 Å². The number of hydrogen-bond donors (Lipinski definition) is 5. The molecule has 0 radical (unpaired) electrons. The average molecular weight is 837 g/mol. The highest BCUT2D eigenvalue weighted by molar-refractivity contribution is 6.06. The van der Waals surface area contributed by atoms with Gasteiger partial charge in [0.25, 0.3) is 0 Å². The van der Waals surface area contributed by atoms with Crippen LogP contribution in [-0.2, 0) is 40.1 Å². The third-order valence-electron chi connectivity index (χ3n) is 10.3. The monoisotopic (exact) mass is 836 g/mol. The van der Waals surface area contributed by atoms with E-state index in [9.17, 15) is 48.2 Å². The molecule has 2 aromatic carbocycles. The molecule has 0 spiro atoms. The standard InChI is InChI=1S/C43H54F2N6O9/c1-26-19-37(55)51(41(26)58)24-36(54)48-34(42(59)60)15-13-30(53)11-8-17-47-40(57)33(46)16-18-50(38(56)25-52)39(43(2,3)4)35-20-28(31-21-29(44)12-14-32(31)45)23-49(35)22-27-9-6-5-7-10-27/h5-7,9-10,12,14,20-21,23,26,33-34,39,52H,8,11,13,15-19,22,24-25,46H2,1-4H3,(H,47,57)(H,48,54)(H,59,60)/t26?,33-,34-,39-/m0/s1. The van der Waals surface area contributed by atoms with E-state index >= 15 is 4.39 Å². The van der Waals surface area contributed by atoms with Gasteiger partial charge >= 0.3 is 5.97 Å². The SMILES string of the molecule is CC1CC(=O)N(CC(=O)N[C@@H](CCC(=O)CCCNC(=O)[C@@H](N)CCN(C(=O)CO)[C@@H](c2cc(-c3cc(F)ccc3F)cn2Cc2ccccc2)C(C)(C)C)C(=O)O)C1=O. The number of hydrogen-bond acceptors (Lipinski definition) is 9. The fraction of sp³-hybridized carbons (Fsp3) is 0.465. The van der Waals surface area contributed by atoms with Crippen LogP contribution >= 0.6 is 0 Å². The molecule has 1 aromatic heterocycles. The van der Waals surface area contributed by atoms with Crippen molar-refractivity contribution in [1.82, 2.24) is 25.0 Å². The summed E-state index contributed by atoms with van der Waals surface area (Å²) in [5, 5.41) is 24.6. The van der Waals surface area contributed by atoms with Crippen molar-refractivity contribution in [2.24, 2.45) is 17.1 Å². The number of aliphatic hydroxyl groups excluding tert-OH is 1. The number of benzene rings is 2. The minimum absolute atomic E-state index is 0.0132. The number of Topliss-reactive ketones (excluding diaryl/α,β-unsaturated/α-hetero) is 1. The van der Waals surface area contributed by atoms with Gasteiger partial charge in [-0.25, -0.2) is 13.6 Å². The van der Waals surface area contributed by atoms with E-state index in [1.165, 1.54) is 4.90 Å². The van der Waals surface area contributed by atoms with Gasteiger partial charge in [-0.15, -0.1) is 0 Å². The molecule has 6 N–H and O–H groups in total. The van der Waals surface area contributed by atoms with Crippen LogP contribution in [0.5, 0.6) is 0 Å². The quantitative estimate of drug-likeness (QED) is 0.0778. The van der Waals surface area contributed by atoms with Crippen LogP contribution in [0.1, 0.15) is 83.5 Å². The van der Waals surface area contributed by atoms with Gasteiger partial charge in [0.05, 0.1) is 12.1 Å². The van der Waals surface area contributed by atoms with E-state index in [4.69, 9.17) is 5.73 Å². The van der Waals surface area contributed by atoms with Gasteiger partial charge in [-0.1, -0.05) is 58.0 Å². The van der Waals surface area contributed by atoms with Gasteiger partial charge in [0.2, 0.25) is 29.5 Å². The van der Waals surface area contributed by atoms with E-state index in [1.54, 1.807) is 19.2 Å². The summed E-state index contributed by atoms with van der Waals surface area (Å²) in [6, 6.07) is 11.0. The Morgan fingerprint density at radius 3 is 2.32 bits per heavy atom. The Hall–Kier alpha value is -5.81. The van der Waals surface area contributed by atoms with Crippen LogP contribution in [0.25, 0.3) is 11.1 Å². The van der Waals surface area contributed by atoms with Crippen molar-refractivity contribution in [2.75, 3.05) is 26.2 Å². The fourth-order valence-electron chi connectivity index (χ4n) is 7.22. The summed E-state index contributed by atoms with van der Waals surface area (Å²) in [5.41, 5.74) is 7.49. The molecule has 4 atom stereocenters. The molecule has 0 saturated carbocycles. The van der Waals surface area contributed by atoms with Gasteiger partial charge < -0.3 is 36.0 Å². The highest BCUT2D eigenvalue weighted by Crippen LogP contribution is 2.41. The number of aromatic nitrogens is 1. The van der Waals surface area contributed by atoms with Gasteiger partial charge in [-0.2, -0.15) is 0 Å². The van der Waals surface area contributed by atoms with Crippen molar-refractivity contribution in [2.45, 2.75) is 90.9 Å². The smallest absolute Gasteiger partial charge is 0.326 e. The molecule has 1 aliphatic rings. The number of likely N-dealkylation sites (tertiary alicyclic amines) is 1. The third-order valence-corrected chi connectivity index (χ3v) is 10.3. The van der Waals surface area contributed by atoms with Gasteiger partial charge in [-0.05, 0) is 54.5 Å². The topological polar surface area (TPSA) is 221 Å². The molecule has 2 heterocycles. The van der Waals surface area contributed by atoms with Crippen molar-refractivity contribution in [3.63, 3.8) is 0 Å². The number of halogens is 2. The van der Waals surface area contributed by atoms with E-state index in [0.29, 0.717) is 17.8 Å². The average Bonchev–Trinajstić information content (AvgIpc) is 3.70. The Bertz CT molecular complexity index is 2050. The Labute approximate surface area is 347 Å². The maximum absolute atomic E-state index is 15.1.